The van der Waals surface area contributed by atoms with E-state index in [2.05, 4.69) is 27.8 Å². The molecule has 5 heteroatoms. The lowest BCUT2D eigenvalue weighted by atomic mass is 10.2. The number of primary sulfonamides is 1. The van der Waals surface area contributed by atoms with E-state index in [1.807, 2.05) is 0 Å². The molecule has 14 heavy (non-hydrogen) atoms. The first kappa shape index (κ1) is 11.2. The highest BCUT2D eigenvalue weighted by atomic mass is 79.9. The van der Waals surface area contributed by atoms with Crippen molar-refractivity contribution >= 4 is 26.0 Å². The smallest absolute Gasteiger partial charge is 0.225 e. The van der Waals surface area contributed by atoms with E-state index >= 15 is 0 Å². The van der Waals surface area contributed by atoms with E-state index in [4.69, 9.17) is 5.14 Å². The maximum Gasteiger partial charge on any atom is 0.239 e. The number of rotatable bonds is 1. The molecule has 0 saturated carbocycles. The number of nitrogens with two attached hydrogens (primary N) is 1. The van der Waals surface area contributed by atoms with Crippen LogP contribution >= 0.6 is 15.9 Å². The number of hydrogen-bond donors (Lipinski definition) is 1. The Morgan fingerprint density at radius 1 is 1.36 bits per heavy atom. The summed E-state index contributed by atoms with van der Waals surface area (Å²) < 4.78 is 22.2. The van der Waals surface area contributed by atoms with Crippen molar-refractivity contribution < 1.29 is 8.42 Å². The summed E-state index contributed by atoms with van der Waals surface area (Å²) in [6.45, 7) is 0. The van der Waals surface area contributed by atoms with Crippen LogP contribution in [0.1, 0.15) is 5.56 Å². The van der Waals surface area contributed by atoms with Crippen LogP contribution in [0, 0.1) is 11.8 Å². The number of halogens is 1. The van der Waals surface area contributed by atoms with E-state index in [1.54, 1.807) is 18.2 Å². The Kier molecular flexibility index (Phi) is 3.69. The van der Waals surface area contributed by atoms with E-state index in [1.165, 1.54) is 6.07 Å². The molecular formula is C9H8BrNO2S. The van der Waals surface area contributed by atoms with Crippen LogP contribution in [-0.2, 0) is 10.0 Å². The molecule has 3 nitrogen and oxygen atoms in total. The van der Waals surface area contributed by atoms with Gasteiger partial charge in [0.1, 0.15) is 0 Å². The van der Waals surface area contributed by atoms with Gasteiger partial charge in [-0.3, -0.25) is 0 Å². The van der Waals surface area contributed by atoms with Gasteiger partial charge in [-0.25, -0.2) is 13.6 Å². The molecule has 0 aliphatic rings. The van der Waals surface area contributed by atoms with Gasteiger partial charge in [0.05, 0.1) is 10.2 Å². The fourth-order valence-electron chi connectivity index (χ4n) is 0.947. The van der Waals surface area contributed by atoms with Crippen LogP contribution in [0.25, 0.3) is 0 Å². The second kappa shape index (κ2) is 4.60. The zero-order chi connectivity index (χ0) is 10.6. The van der Waals surface area contributed by atoms with Crippen molar-refractivity contribution in [2.45, 2.75) is 4.90 Å². The first-order valence-corrected chi connectivity index (χ1v) is 6.39. The van der Waals surface area contributed by atoms with Crippen molar-refractivity contribution in [1.29, 1.82) is 0 Å². The fraction of sp³-hybridized carbons (Fsp3) is 0.111. The van der Waals surface area contributed by atoms with E-state index < -0.39 is 10.0 Å². The van der Waals surface area contributed by atoms with Crippen LogP contribution in [0.5, 0.6) is 0 Å². The van der Waals surface area contributed by atoms with Gasteiger partial charge >= 0.3 is 0 Å². The Morgan fingerprint density at radius 2 is 2.00 bits per heavy atom. The third-order valence-electron chi connectivity index (χ3n) is 1.48. The summed E-state index contributed by atoms with van der Waals surface area (Å²) in [4.78, 5) is 0.0634. The molecule has 0 heterocycles. The van der Waals surface area contributed by atoms with Crippen molar-refractivity contribution in [1.82, 2.24) is 0 Å². The summed E-state index contributed by atoms with van der Waals surface area (Å²) >= 11 is 3.13. The zero-order valence-electron chi connectivity index (χ0n) is 7.20. The summed E-state index contributed by atoms with van der Waals surface area (Å²) in [6, 6.07) is 6.38. The van der Waals surface area contributed by atoms with Crippen molar-refractivity contribution in [3.8, 4) is 11.8 Å². The number of sulfonamides is 1. The van der Waals surface area contributed by atoms with Crippen LogP contribution in [0.3, 0.4) is 0 Å². The van der Waals surface area contributed by atoms with Crippen molar-refractivity contribution in [2.24, 2.45) is 5.14 Å². The standard InChI is InChI=1S/C9H8BrNO2S/c10-7-3-5-8-4-1-2-6-9(8)14(11,12)13/h1-2,4,6H,7H2,(H2,11,12,13). The van der Waals surface area contributed by atoms with Gasteiger partial charge in [0.2, 0.25) is 10.0 Å². The maximum absolute atomic E-state index is 11.1. The molecule has 0 aliphatic carbocycles. The highest BCUT2D eigenvalue weighted by molar-refractivity contribution is 9.09. The summed E-state index contributed by atoms with van der Waals surface area (Å²) in [6.07, 6.45) is 0. The Balaban J connectivity index is 3.31. The molecular weight excluding hydrogens is 266 g/mol. The van der Waals surface area contributed by atoms with Crippen LogP contribution in [0.2, 0.25) is 0 Å². The van der Waals surface area contributed by atoms with Crippen LogP contribution in [0.15, 0.2) is 29.2 Å². The van der Waals surface area contributed by atoms with Gasteiger partial charge in [0.15, 0.2) is 0 Å². The molecule has 1 aromatic rings. The minimum atomic E-state index is -3.68. The third kappa shape index (κ3) is 2.84. The average Bonchev–Trinajstić information content (AvgIpc) is 2.14. The lowest BCUT2D eigenvalue weighted by Gasteiger charge is -1.99. The zero-order valence-corrected chi connectivity index (χ0v) is 9.60. The third-order valence-corrected chi connectivity index (χ3v) is 2.73. The van der Waals surface area contributed by atoms with E-state index in [0.717, 1.165) is 0 Å². The first-order valence-electron chi connectivity index (χ1n) is 3.72. The van der Waals surface area contributed by atoms with Crippen LogP contribution < -0.4 is 5.14 Å². The normalized spacial score (nSPS) is 10.4. The van der Waals surface area contributed by atoms with Gasteiger partial charge in [-0.15, -0.1) is 0 Å². The van der Waals surface area contributed by atoms with Gasteiger partial charge in [-0.1, -0.05) is 39.9 Å². The van der Waals surface area contributed by atoms with E-state index in [0.29, 0.717) is 10.9 Å². The Labute approximate surface area is 91.5 Å². The highest BCUT2D eigenvalue weighted by Crippen LogP contribution is 2.11. The van der Waals surface area contributed by atoms with Crippen molar-refractivity contribution in [3.63, 3.8) is 0 Å². The second-order valence-electron chi connectivity index (χ2n) is 2.48. The molecule has 74 valence electrons. The summed E-state index contributed by atoms with van der Waals surface area (Å²) in [5.41, 5.74) is 0.425. The van der Waals surface area contributed by atoms with Gasteiger partial charge in [-0.2, -0.15) is 0 Å². The number of benzene rings is 1. The van der Waals surface area contributed by atoms with Crippen LogP contribution in [-0.4, -0.2) is 13.7 Å². The molecule has 0 spiro atoms. The number of hydrogen-bond acceptors (Lipinski definition) is 2. The minimum Gasteiger partial charge on any atom is -0.225 e. The average molecular weight is 274 g/mol. The quantitative estimate of drug-likeness (QED) is 0.615. The summed E-state index contributed by atoms with van der Waals surface area (Å²) in [5.74, 6) is 5.44. The molecule has 0 fully saturated rings. The van der Waals surface area contributed by atoms with Crippen molar-refractivity contribution in [2.75, 3.05) is 5.33 Å². The second-order valence-corrected chi connectivity index (χ2v) is 4.57. The molecule has 0 atom stereocenters. The molecule has 0 saturated heterocycles. The molecule has 1 rings (SSSR count). The monoisotopic (exact) mass is 273 g/mol. The molecule has 2 N–H and O–H groups in total. The van der Waals surface area contributed by atoms with E-state index in [9.17, 15) is 8.42 Å². The first-order chi connectivity index (χ1) is 6.55. The minimum absolute atomic E-state index is 0.0634. The molecule has 0 unspecified atom stereocenters. The number of alkyl halides is 1. The fourth-order valence-corrected chi connectivity index (χ4v) is 1.78. The topological polar surface area (TPSA) is 60.2 Å². The SMILES string of the molecule is NS(=O)(=O)c1ccccc1C#CCBr. The Bertz CT molecular complexity index is 485. The molecule has 0 amide bonds. The predicted molar refractivity (Wildman–Crippen MR) is 58.5 cm³/mol. The highest BCUT2D eigenvalue weighted by Gasteiger charge is 2.10. The maximum atomic E-state index is 11.1. The molecule has 0 aromatic heterocycles. The van der Waals surface area contributed by atoms with Gasteiger partial charge in [-0.05, 0) is 12.1 Å². The molecule has 0 aliphatic heterocycles. The van der Waals surface area contributed by atoms with E-state index in [-0.39, 0.29) is 4.90 Å². The van der Waals surface area contributed by atoms with Gasteiger partial charge < -0.3 is 0 Å². The Morgan fingerprint density at radius 3 is 2.57 bits per heavy atom. The van der Waals surface area contributed by atoms with Gasteiger partial charge in [0.25, 0.3) is 0 Å². The lowest BCUT2D eigenvalue weighted by Crippen LogP contribution is -2.13. The predicted octanol–water partition coefficient (Wildman–Crippen LogP) is 1.08. The molecule has 0 radical (unpaired) electrons. The van der Waals surface area contributed by atoms with Crippen molar-refractivity contribution in [3.05, 3.63) is 29.8 Å². The lowest BCUT2D eigenvalue weighted by molar-refractivity contribution is 0.597. The molecule has 0 bridgehead atoms. The van der Waals surface area contributed by atoms with Crippen LogP contribution in [0.4, 0.5) is 0 Å². The Hall–Kier alpha value is -0.830. The largest absolute Gasteiger partial charge is 0.239 e. The molecule has 1 aromatic carbocycles. The van der Waals surface area contributed by atoms with Gasteiger partial charge in [0, 0.05) is 5.56 Å². The summed E-state index contributed by atoms with van der Waals surface area (Å²) in [7, 11) is -3.68. The summed E-state index contributed by atoms with van der Waals surface area (Å²) in [5, 5.41) is 5.51.